The third-order valence-corrected chi connectivity index (χ3v) is 3.32. The fourth-order valence-electron chi connectivity index (χ4n) is 2.35. The van der Waals surface area contributed by atoms with Crippen LogP contribution in [0.2, 0.25) is 0 Å². The first-order chi connectivity index (χ1) is 9.43. The molecule has 1 fully saturated rings. The number of carboxylic acids is 1. The molecule has 0 aromatic heterocycles. The predicted molar refractivity (Wildman–Crippen MR) is 67.2 cm³/mol. The number of anilines is 1. The zero-order chi connectivity index (χ0) is 14.9. The molecule has 0 bridgehead atoms. The lowest BCUT2D eigenvalue weighted by atomic mass is 10.2. The highest BCUT2D eigenvalue weighted by molar-refractivity contribution is 5.81. The average molecular weight is 284 g/mol. The summed E-state index contributed by atoms with van der Waals surface area (Å²) < 4.78 is 18.4. The summed E-state index contributed by atoms with van der Waals surface area (Å²) in [5.74, 6) is -1.78. The number of nitro benzene ring substituents is 1. The van der Waals surface area contributed by atoms with Crippen LogP contribution in [0.4, 0.5) is 15.8 Å². The number of ether oxygens (including phenoxy) is 1. The maximum Gasteiger partial charge on any atom is 0.326 e. The molecule has 2 unspecified atom stereocenters. The lowest BCUT2D eigenvalue weighted by molar-refractivity contribution is -0.384. The molecule has 108 valence electrons. The lowest BCUT2D eigenvalue weighted by Gasteiger charge is -2.23. The number of rotatable bonds is 4. The number of methoxy groups -OCH3 is 1. The minimum absolute atomic E-state index is 0.0399. The normalized spacial score (nSPS) is 22.0. The quantitative estimate of drug-likeness (QED) is 0.663. The Labute approximate surface area is 113 Å². The van der Waals surface area contributed by atoms with Crippen molar-refractivity contribution in [1.82, 2.24) is 0 Å². The van der Waals surface area contributed by atoms with Crippen LogP contribution < -0.4 is 4.90 Å². The van der Waals surface area contributed by atoms with Crippen LogP contribution in [-0.4, -0.2) is 41.8 Å². The van der Waals surface area contributed by atoms with Crippen molar-refractivity contribution < 1.29 is 24.0 Å². The van der Waals surface area contributed by atoms with Gasteiger partial charge in [-0.05, 0) is 6.07 Å². The molecule has 1 aliphatic rings. The Hall–Kier alpha value is -2.22. The van der Waals surface area contributed by atoms with Crippen molar-refractivity contribution in [3.63, 3.8) is 0 Å². The molecular formula is C12H13FN2O5. The van der Waals surface area contributed by atoms with Crippen molar-refractivity contribution in [2.75, 3.05) is 18.6 Å². The highest BCUT2D eigenvalue weighted by atomic mass is 19.1. The summed E-state index contributed by atoms with van der Waals surface area (Å²) in [4.78, 5) is 22.9. The highest BCUT2D eigenvalue weighted by Crippen LogP contribution is 2.34. The number of carbonyl (C=O) groups is 1. The van der Waals surface area contributed by atoms with E-state index >= 15 is 0 Å². The van der Waals surface area contributed by atoms with E-state index in [0.29, 0.717) is 0 Å². The van der Waals surface area contributed by atoms with Gasteiger partial charge in [-0.1, -0.05) is 0 Å². The number of hydrogen-bond donors (Lipinski definition) is 1. The van der Waals surface area contributed by atoms with E-state index in [2.05, 4.69) is 0 Å². The third kappa shape index (κ3) is 2.55. The molecule has 8 heteroatoms. The first-order valence-corrected chi connectivity index (χ1v) is 5.90. The number of carboxylic acid groups (broad SMARTS) is 1. The van der Waals surface area contributed by atoms with E-state index in [1.165, 1.54) is 12.0 Å². The molecule has 1 N–H and O–H groups in total. The second-order valence-electron chi connectivity index (χ2n) is 4.49. The third-order valence-electron chi connectivity index (χ3n) is 3.32. The van der Waals surface area contributed by atoms with Crippen molar-refractivity contribution in [1.29, 1.82) is 0 Å². The van der Waals surface area contributed by atoms with Crippen LogP contribution in [0, 0.1) is 15.9 Å². The zero-order valence-electron chi connectivity index (χ0n) is 10.7. The summed E-state index contributed by atoms with van der Waals surface area (Å²) in [5.41, 5.74) is -0.364. The second kappa shape index (κ2) is 5.41. The standard InChI is InChI=1S/C12H13FN2O5/c1-20-8-5-11(12(16)17)14(6-8)10-4-7(13)2-3-9(10)15(18)19/h2-4,8,11H,5-6H2,1H3,(H,16,17). The Morgan fingerprint density at radius 1 is 1.60 bits per heavy atom. The van der Waals surface area contributed by atoms with Gasteiger partial charge in [0.15, 0.2) is 0 Å². The number of benzene rings is 1. The maximum atomic E-state index is 13.3. The van der Waals surface area contributed by atoms with E-state index in [9.17, 15) is 24.4 Å². The van der Waals surface area contributed by atoms with Gasteiger partial charge in [0.05, 0.1) is 11.0 Å². The van der Waals surface area contributed by atoms with Crippen molar-refractivity contribution >= 4 is 17.3 Å². The van der Waals surface area contributed by atoms with Gasteiger partial charge in [-0.25, -0.2) is 9.18 Å². The number of halogens is 1. The first kappa shape index (κ1) is 14.2. The van der Waals surface area contributed by atoms with Crippen LogP contribution in [0.1, 0.15) is 6.42 Å². The molecule has 0 spiro atoms. The van der Waals surface area contributed by atoms with Crippen molar-refractivity contribution in [2.24, 2.45) is 0 Å². The van der Waals surface area contributed by atoms with Crippen LogP contribution >= 0.6 is 0 Å². The molecule has 2 rings (SSSR count). The minimum Gasteiger partial charge on any atom is -0.480 e. The van der Waals surface area contributed by atoms with Crippen molar-refractivity contribution in [3.05, 3.63) is 34.1 Å². The van der Waals surface area contributed by atoms with Crippen LogP contribution in [0.25, 0.3) is 0 Å². The van der Waals surface area contributed by atoms with Gasteiger partial charge in [-0.15, -0.1) is 0 Å². The molecular weight excluding hydrogens is 271 g/mol. The number of nitro groups is 1. The number of aliphatic carboxylic acids is 1. The molecule has 7 nitrogen and oxygen atoms in total. The van der Waals surface area contributed by atoms with Gasteiger partial charge in [0, 0.05) is 32.2 Å². The lowest BCUT2D eigenvalue weighted by Crippen LogP contribution is -2.36. The molecule has 0 amide bonds. The zero-order valence-corrected chi connectivity index (χ0v) is 10.7. The highest BCUT2D eigenvalue weighted by Gasteiger charge is 2.39. The van der Waals surface area contributed by atoms with Crippen molar-refractivity contribution in [3.8, 4) is 0 Å². The van der Waals surface area contributed by atoms with Gasteiger partial charge >= 0.3 is 5.97 Å². The van der Waals surface area contributed by atoms with E-state index in [1.807, 2.05) is 0 Å². The predicted octanol–water partition coefficient (Wildman–Crippen LogP) is 1.41. The maximum absolute atomic E-state index is 13.3. The summed E-state index contributed by atoms with van der Waals surface area (Å²) in [6.45, 7) is 0.164. The molecule has 1 saturated heterocycles. The van der Waals surface area contributed by atoms with Gasteiger partial charge in [0.1, 0.15) is 17.5 Å². The SMILES string of the molecule is COC1CC(C(=O)O)N(c2cc(F)ccc2[N+](=O)[O-])C1. The Bertz CT molecular complexity index is 551. The van der Waals surface area contributed by atoms with Gasteiger partial charge in [0.25, 0.3) is 5.69 Å². The molecule has 1 heterocycles. The summed E-state index contributed by atoms with van der Waals surface area (Å²) in [6, 6.07) is 2.01. The van der Waals surface area contributed by atoms with E-state index in [1.54, 1.807) is 0 Å². The Kier molecular flexibility index (Phi) is 3.84. The van der Waals surface area contributed by atoms with Crippen LogP contribution in [0.5, 0.6) is 0 Å². The molecule has 1 aromatic carbocycles. The average Bonchev–Trinajstić information content (AvgIpc) is 2.82. The van der Waals surface area contributed by atoms with Gasteiger partial charge in [-0.3, -0.25) is 10.1 Å². The van der Waals surface area contributed by atoms with Crippen LogP contribution in [0.15, 0.2) is 18.2 Å². The van der Waals surface area contributed by atoms with Gasteiger partial charge in [0.2, 0.25) is 0 Å². The Morgan fingerprint density at radius 2 is 2.30 bits per heavy atom. The van der Waals surface area contributed by atoms with Gasteiger partial charge < -0.3 is 14.7 Å². The van der Waals surface area contributed by atoms with E-state index < -0.39 is 22.8 Å². The smallest absolute Gasteiger partial charge is 0.326 e. The van der Waals surface area contributed by atoms with Crippen LogP contribution in [0.3, 0.4) is 0 Å². The fraction of sp³-hybridized carbons (Fsp3) is 0.417. The van der Waals surface area contributed by atoms with E-state index in [4.69, 9.17) is 4.74 Å². The summed E-state index contributed by atoms with van der Waals surface area (Å²) in [7, 11) is 1.44. The van der Waals surface area contributed by atoms with Gasteiger partial charge in [-0.2, -0.15) is 0 Å². The molecule has 0 aliphatic carbocycles. The van der Waals surface area contributed by atoms with E-state index in [-0.39, 0.29) is 30.4 Å². The Balaban J connectivity index is 2.45. The van der Waals surface area contributed by atoms with E-state index in [0.717, 1.165) is 18.2 Å². The summed E-state index contributed by atoms with van der Waals surface area (Å²) in [5, 5.41) is 20.2. The molecule has 2 atom stereocenters. The number of nitrogens with zero attached hydrogens (tertiary/aromatic N) is 2. The minimum atomic E-state index is -1.12. The molecule has 20 heavy (non-hydrogen) atoms. The largest absolute Gasteiger partial charge is 0.480 e. The summed E-state index contributed by atoms with van der Waals surface area (Å²) in [6.07, 6.45) is -0.168. The molecule has 1 aliphatic heterocycles. The second-order valence-corrected chi connectivity index (χ2v) is 4.49. The monoisotopic (exact) mass is 284 g/mol. The fourth-order valence-corrected chi connectivity index (χ4v) is 2.35. The number of hydrogen-bond acceptors (Lipinski definition) is 5. The Morgan fingerprint density at radius 3 is 2.85 bits per heavy atom. The summed E-state index contributed by atoms with van der Waals surface area (Å²) >= 11 is 0. The van der Waals surface area contributed by atoms with Crippen LogP contribution in [-0.2, 0) is 9.53 Å². The molecule has 1 aromatic rings. The molecule has 0 saturated carbocycles. The molecule has 0 radical (unpaired) electrons. The van der Waals surface area contributed by atoms with Crippen molar-refractivity contribution in [2.45, 2.75) is 18.6 Å². The first-order valence-electron chi connectivity index (χ1n) is 5.90. The topological polar surface area (TPSA) is 92.9 Å².